The van der Waals surface area contributed by atoms with Crippen LogP contribution in [-0.2, 0) is 6.42 Å². The molecular formula is C21H20N4O2. The number of benzene rings is 1. The maximum atomic E-state index is 12.7. The number of aryl methyl sites for hydroxylation is 1. The van der Waals surface area contributed by atoms with E-state index in [1.807, 2.05) is 36.5 Å². The van der Waals surface area contributed by atoms with Crippen molar-refractivity contribution < 1.29 is 9.53 Å². The summed E-state index contributed by atoms with van der Waals surface area (Å²) in [6.45, 7) is 0. The number of ether oxygens (including phenoxy) is 1. The van der Waals surface area contributed by atoms with Gasteiger partial charge in [-0.05, 0) is 31.4 Å². The first kappa shape index (κ1) is 17.1. The van der Waals surface area contributed by atoms with Crippen LogP contribution in [0.2, 0.25) is 0 Å². The Morgan fingerprint density at radius 3 is 2.81 bits per heavy atom. The number of pyridine rings is 1. The van der Waals surface area contributed by atoms with Crippen molar-refractivity contribution in [1.29, 1.82) is 0 Å². The smallest absolute Gasteiger partial charge is 0.257 e. The monoisotopic (exact) mass is 360 g/mol. The van der Waals surface area contributed by atoms with E-state index in [-0.39, 0.29) is 11.9 Å². The second-order valence-corrected chi connectivity index (χ2v) is 6.44. The van der Waals surface area contributed by atoms with Crippen LogP contribution < -0.4 is 10.1 Å². The van der Waals surface area contributed by atoms with E-state index in [0.29, 0.717) is 11.4 Å². The molecule has 0 fully saturated rings. The van der Waals surface area contributed by atoms with Crippen molar-refractivity contribution >= 4 is 5.91 Å². The highest BCUT2D eigenvalue weighted by molar-refractivity contribution is 5.96. The Bertz CT molecular complexity index is 959. The van der Waals surface area contributed by atoms with E-state index in [1.54, 1.807) is 18.3 Å². The Labute approximate surface area is 157 Å². The van der Waals surface area contributed by atoms with Gasteiger partial charge in [-0.15, -0.1) is 0 Å². The molecule has 4 rings (SSSR count). The number of hydrogen-bond donors (Lipinski definition) is 1. The fraction of sp³-hybridized carbons (Fsp3) is 0.238. The summed E-state index contributed by atoms with van der Waals surface area (Å²) in [5.74, 6) is 0.835. The minimum Gasteiger partial charge on any atom is -0.480 e. The maximum Gasteiger partial charge on any atom is 0.257 e. The van der Waals surface area contributed by atoms with E-state index in [2.05, 4.69) is 15.3 Å². The first-order valence-electron chi connectivity index (χ1n) is 8.97. The predicted molar refractivity (Wildman–Crippen MR) is 101 cm³/mol. The average Bonchev–Trinajstić information content (AvgIpc) is 2.74. The van der Waals surface area contributed by atoms with Gasteiger partial charge in [-0.1, -0.05) is 30.3 Å². The van der Waals surface area contributed by atoms with Crippen LogP contribution >= 0.6 is 0 Å². The zero-order valence-electron chi connectivity index (χ0n) is 15.1. The summed E-state index contributed by atoms with van der Waals surface area (Å²) in [6.07, 6.45) is 6.16. The molecule has 0 radical (unpaired) electrons. The summed E-state index contributed by atoms with van der Waals surface area (Å²) >= 11 is 0. The van der Waals surface area contributed by atoms with Crippen LogP contribution in [0.1, 0.15) is 40.5 Å². The normalized spacial score (nSPS) is 15.7. The molecule has 6 nitrogen and oxygen atoms in total. The molecule has 0 aliphatic heterocycles. The van der Waals surface area contributed by atoms with E-state index in [4.69, 9.17) is 9.72 Å². The second kappa shape index (κ2) is 7.53. The highest BCUT2D eigenvalue weighted by Gasteiger charge is 2.25. The number of nitrogens with one attached hydrogen (secondary N) is 1. The SMILES string of the molecule is COc1ncccc1C(=O)N[C@H]1CCCc2nc(-c3ccccc3)ncc21. The van der Waals surface area contributed by atoms with Gasteiger partial charge >= 0.3 is 0 Å². The molecule has 0 spiro atoms. The summed E-state index contributed by atoms with van der Waals surface area (Å²) < 4.78 is 5.19. The number of aromatic nitrogens is 3. The summed E-state index contributed by atoms with van der Waals surface area (Å²) in [4.78, 5) is 26.1. The Morgan fingerprint density at radius 2 is 2.00 bits per heavy atom. The largest absolute Gasteiger partial charge is 0.480 e. The predicted octanol–water partition coefficient (Wildman–Crippen LogP) is 3.35. The lowest BCUT2D eigenvalue weighted by atomic mass is 9.92. The van der Waals surface area contributed by atoms with Gasteiger partial charge in [-0.3, -0.25) is 4.79 Å². The van der Waals surface area contributed by atoms with E-state index in [0.717, 1.165) is 41.9 Å². The van der Waals surface area contributed by atoms with Gasteiger partial charge in [-0.2, -0.15) is 0 Å². The van der Waals surface area contributed by atoms with E-state index in [1.165, 1.54) is 7.11 Å². The minimum absolute atomic E-state index is 0.115. The Balaban J connectivity index is 1.59. The van der Waals surface area contributed by atoms with E-state index in [9.17, 15) is 4.79 Å². The number of carbonyl (C=O) groups excluding carboxylic acids is 1. The molecule has 1 aliphatic carbocycles. The molecule has 0 saturated heterocycles. The van der Waals surface area contributed by atoms with E-state index < -0.39 is 0 Å². The third-order valence-corrected chi connectivity index (χ3v) is 4.73. The lowest BCUT2D eigenvalue weighted by molar-refractivity contribution is 0.0928. The number of rotatable bonds is 4. The molecule has 3 aromatic rings. The van der Waals surface area contributed by atoms with Gasteiger partial charge in [0.15, 0.2) is 5.82 Å². The highest BCUT2D eigenvalue weighted by Crippen LogP contribution is 2.30. The molecular weight excluding hydrogens is 340 g/mol. The number of carbonyl (C=O) groups is 1. The molecule has 1 N–H and O–H groups in total. The number of methoxy groups -OCH3 is 1. The van der Waals surface area contributed by atoms with Crippen LogP contribution in [0.15, 0.2) is 54.9 Å². The standard InChI is InChI=1S/C21H20N4O2/c1-27-21-15(9-6-12-22-21)20(26)25-18-11-5-10-17-16(18)13-23-19(24-17)14-7-3-2-4-8-14/h2-4,6-9,12-13,18H,5,10-11H2,1H3,(H,25,26)/t18-/m0/s1. The Hall–Kier alpha value is -3.28. The molecule has 0 saturated carbocycles. The quantitative estimate of drug-likeness (QED) is 0.772. The Kier molecular flexibility index (Phi) is 4.78. The van der Waals surface area contributed by atoms with Gasteiger partial charge < -0.3 is 10.1 Å². The molecule has 6 heteroatoms. The van der Waals surface area contributed by atoms with Crippen molar-refractivity contribution in [2.75, 3.05) is 7.11 Å². The molecule has 0 bridgehead atoms. The third kappa shape index (κ3) is 3.51. The van der Waals surface area contributed by atoms with Crippen molar-refractivity contribution in [2.24, 2.45) is 0 Å². The zero-order chi connectivity index (χ0) is 18.6. The number of amides is 1. The molecule has 1 aliphatic rings. The number of nitrogens with zero attached hydrogens (tertiary/aromatic N) is 3. The highest BCUT2D eigenvalue weighted by atomic mass is 16.5. The number of hydrogen-bond acceptors (Lipinski definition) is 5. The van der Waals surface area contributed by atoms with Crippen LogP contribution in [-0.4, -0.2) is 28.0 Å². The first-order chi connectivity index (χ1) is 13.3. The lowest BCUT2D eigenvalue weighted by Gasteiger charge is -2.25. The number of fused-ring (bicyclic) bond motifs is 1. The van der Waals surface area contributed by atoms with Crippen LogP contribution in [0.3, 0.4) is 0 Å². The van der Waals surface area contributed by atoms with Crippen molar-refractivity contribution in [2.45, 2.75) is 25.3 Å². The van der Waals surface area contributed by atoms with E-state index >= 15 is 0 Å². The molecule has 136 valence electrons. The molecule has 2 heterocycles. The van der Waals surface area contributed by atoms with Gasteiger partial charge in [0.2, 0.25) is 5.88 Å². The summed E-state index contributed by atoms with van der Waals surface area (Å²) in [6, 6.07) is 13.2. The minimum atomic E-state index is -0.204. The van der Waals surface area contributed by atoms with Crippen LogP contribution in [0.25, 0.3) is 11.4 Å². The fourth-order valence-electron chi connectivity index (χ4n) is 3.39. The molecule has 27 heavy (non-hydrogen) atoms. The zero-order valence-corrected chi connectivity index (χ0v) is 15.1. The van der Waals surface area contributed by atoms with Crippen molar-refractivity contribution in [1.82, 2.24) is 20.3 Å². The van der Waals surface area contributed by atoms with Crippen molar-refractivity contribution in [3.63, 3.8) is 0 Å². The fourth-order valence-corrected chi connectivity index (χ4v) is 3.39. The van der Waals surface area contributed by atoms with Crippen LogP contribution in [0.5, 0.6) is 5.88 Å². The van der Waals surface area contributed by atoms with Gasteiger partial charge in [0, 0.05) is 29.2 Å². The summed E-state index contributed by atoms with van der Waals surface area (Å²) in [5, 5.41) is 3.09. The van der Waals surface area contributed by atoms with Crippen molar-refractivity contribution in [3.05, 3.63) is 71.7 Å². The van der Waals surface area contributed by atoms with Crippen LogP contribution in [0, 0.1) is 0 Å². The van der Waals surface area contributed by atoms with Gasteiger partial charge in [0.25, 0.3) is 5.91 Å². The molecule has 2 aromatic heterocycles. The van der Waals surface area contributed by atoms with Crippen LogP contribution in [0.4, 0.5) is 0 Å². The first-order valence-corrected chi connectivity index (χ1v) is 8.97. The molecule has 1 aromatic carbocycles. The lowest BCUT2D eigenvalue weighted by Crippen LogP contribution is -2.32. The Morgan fingerprint density at radius 1 is 1.15 bits per heavy atom. The average molecular weight is 360 g/mol. The van der Waals surface area contributed by atoms with Crippen molar-refractivity contribution in [3.8, 4) is 17.3 Å². The molecule has 0 unspecified atom stereocenters. The van der Waals surface area contributed by atoms with Gasteiger partial charge in [-0.25, -0.2) is 15.0 Å². The topological polar surface area (TPSA) is 77.0 Å². The van der Waals surface area contributed by atoms with Gasteiger partial charge in [0.1, 0.15) is 5.56 Å². The summed E-state index contributed by atoms with van der Waals surface area (Å²) in [5.41, 5.74) is 3.40. The maximum absolute atomic E-state index is 12.7. The molecule has 1 atom stereocenters. The van der Waals surface area contributed by atoms with Gasteiger partial charge in [0.05, 0.1) is 13.2 Å². The third-order valence-electron chi connectivity index (χ3n) is 4.73. The summed E-state index contributed by atoms with van der Waals surface area (Å²) in [7, 11) is 1.51. The second-order valence-electron chi connectivity index (χ2n) is 6.44. The molecule has 1 amide bonds.